The molecule has 0 saturated carbocycles. The highest BCUT2D eigenvalue weighted by Crippen LogP contribution is 2.21. The van der Waals surface area contributed by atoms with E-state index in [2.05, 4.69) is 22.1 Å². The number of nitrogens with zero attached hydrogens (tertiary/aromatic N) is 6. The lowest BCUT2D eigenvalue weighted by molar-refractivity contribution is -0.129. The van der Waals surface area contributed by atoms with E-state index in [-0.39, 0.29) is 11.5 Å². The van der Waals surface area contributed by atoms with Crippen molar-refractivity contribution in [3.8, 4) is 0 Å². The van der Waals surface area contributed by atoms with Crippen molar-refractivity contribution in [2.75, 3.05) is 39.0 Å². The summed E-state index contributed by atoms with van der Waals surface area (Å²) < 4.78 is 3.33. The molecule has 26 heavy (non-hydrogen) atoms. The molecular weight excluding hydrogens is 352 g/mol. The first kappa shape index (κ1) is 17.0. The fourth-order valence-corrected chi connectivity index (χ4v) is 4.02. The van der Waals surface area contributed by atoms with Gasteiger partial charge < -0.3 is 9.80 Å². The van der Waals surface area contributed by atoms with Gasteiger partial charge in [-0.2, -0.15) is 0 Å². The molecule has 0 N–H and O–H groups in total. The zero-order valence-corrected chi connectivity index (χ0v) is 15.6. The molecule has 1 saturated heterocycles. The molecule has 1 aliphatic rings. The lowest BCUT2D eigenvalue weighted by atomic mass is 10.2. The van der Waals surface area contributed by atoms with Crippen LogP contribution in [-0.2, 0) is 11.8 Å². The summed E-state index contributed by atoms with van der Waals surface area (Å²) in [7, 11) is 3.75. The summed E-state index contributed by atoms with van der Waals surface area (Å²) in [6.07, 6.45) is 0. The molecule has 1 aromatic carbocycles. The van der Waals surface area contributed by atoms with Crippen molar-refractivity contribution in [3.05, 3.63) is 34.6 Å². The number of amides is 1. The molecule has 0 spiro atoms. The molecule has 136 valence electrons. The Morgan fingerprint density at radius 1 is 1.12 bits per heavy atom. The fraction of sp³-hybridized carbons (Fsp3) is 0.412. The zero-order chi connectivity index (χ0) is 18.3. The number of thioether (sulfide) groups is 1. The molecule has 1 aliphatic heterocycles. The van der Waals surface area contributed by atoms with Gasteiger partial charge in [0, 0.05) is 33.2 Å². The third-order valence-electron chi connectivity index (χ3n) is 4.78. The van der Waals surface area contributed by atoms with Crippen LogP contribution in [0, 0.1) is 0 Å². The second-order valence-corrected chi connectivity index (χ2v) is 7.41. The largest absolute Gasteiger partial charge is 0.339 e. The van der Waals surface area contributed by atoms with Crippen molar-refractivity contribution in [1.82, 2.24) is 29.0 Å². The summed E-state index contributed by atoms with van der Waals surface area (Å²) in [6, 6.07) is 7.38. The topological polar surface area (TPSA) is 75.7 Å². The van der Waals surface area contributed by atoms with Crippen molar-refractivity contribution in [2.24, 2.45) is 7.05 Å². The van der Waals surface area contributed by atoms with Crippen LogP contribution in [0.3, 0.4) is 0 Å². The van der Waals surface area contributed by atoms with Gasteiger partial charge in [0.1, 0.15) is 0 Å². The van der Waals surface area contributed by atoms with Gasteiger partial charge in [-0.25, -0.2) is 0 Å². The SMILES string of the molecule is CN1CCN(C(=O)CSc2nnc3n(C)c(=O)c4ccccc4n23)CC1. The van der Waals surface area contributed by atoms with Crippen LogP contribution >= 0.6 is 11.8 Å². The van der Waals surface area contributed by atoms with Crippen LogP contribution in [0.25, 0.3) is 16.7 Å². The van der Waals surface area contributed by atoms with Crippen LogP contribution in [0.5, 0.6) is 0 Å². The maximum atomic E-state index is 12.5. The highest BCUT2D eigenvalue weighted by Gasteiger charge is 2.21. The first-order valence-corrected chi connectivity index (χ1v) is 9.47. The molecule has 0 atom stereocenters. The molecule has 0 radical (unpaired) electrons. The second-order valence-electron chi connectivity index (χ2n) is 6.47. The van der Waals surface area contributed by atoms with Gasteiger partial charge in [0.25, 0.3) is 5.56 Å². The van der Waals surface area contributed by atoms with Crippen molar-refractivity contribution >= 4 is 34.3 Å². The van der Waals surface area contributed by atoms with Gasteiger partial charge in [0.2, 0.25) is 11.7 Å². The average molecular weight is 372 g/mol. The van der Waals surface area contributed by atoms with Crippen LogP contribution in [0.1, 0.15) is 0 Å². The molecular formula is C17H20N6O2S. The van der Waals surface area contributed by atoms with Crippen LogP contribution in [-0.4, -0.2) is 73.9 Å². The zero-order valence-electron chi connectivity index (χ0n) is 14.8. The molecule has 0 aliphatic carbocycles. The molecule has 8 nitrogen and oxygen atoms in total. The van der Waals surface area contributed by atoms with Gasteiger partial charge in [0.15, 0.2) is 5.16 Å². The second kappa shape index (κ2) is 6.73. The number of carbonyl (C=O) groups is 1. The third-order valence-corrected chi connectivity index (χ3v) is 5.69. The number of fused-ring (bicyclic) bond motifs is 3. The third kappa shape index (κ3) is 2.86. The molecule has 4 rings (SSSR count). The summed E-state index contributed by atoms with van der Waals surface area (Å²) in [5.74, 6) is 0.888. The lowest BCUT2D eigenvalue weighted by Crippen LogP contribution is -2.47. The minimum atomic E-state index is -0.106. The smallest absolute Gasteiger partial charge is 0.262 e. The number of aromatic nitrogens is 4. The number of aryl methyl sites for hydroxylation is 1. The van der Waals surface area contributed by atoms with E-state index >= 15 is 0 Å². The first-order chi connectivity index (χ1) is 12.6. The van der Waals surface area contributed by atoms with Crippen molar-refractivity contribution in [1.29, 1.82) is 0 Å². The Bertz CT molecular complexity index is 1030. The predicted octanol–water partition coefficient (Wildman–Crippen LogP) is 0.447. The fourth-order valence-electron chi connectivity index (χ4n) is 3.18. The number of benzene rings is 1. The van der Waals surface area contributed by atoms with Crippen molar-refractivity contribution < 1.29 is 4.79 Å². The first-order valence-electron chi connectivity index (χ1n) is 8.48. The van der Waals surface area contributed by atoms with Crippen molar-refractivity contribution in [3.63, 3.8) is 0 Å². The Balaban J connectivity index is 1.63. The maximum absolute atomic E-state index is 12.5. The summed E-state index contributed by atoms with van der Waals surface area (Å²) in [5, 5.41) is 9.59. The molecule has 3 heterocycles. The quantitative estimate of drug-likeness (QED) is 0.622. The standard InChI is InChI=1S/C17H20N6O2S/c1-20-7-9-22(10-8-20)14(24)11-26-17-19-18-16-21(2)15(25)12-5-3-4-6-13(12)23(16)17/h3-6H,7-11H2,1-2H3. The lowest BCUT2D eigenvalue weighted by Gasteiger charge is -2.32. The molecule has 9 heteroatoms. The molecule has 0 bridgehead atoms. The van der Waals surface area contributed by atoms with Gasteiger partial charge in [-0.05, 0) is 19.2 Å². The van der Waals surface area contributed by atoms with Gasteiger partial charge in [-0.3, -0.25) is 18.6 Å². The summed E-state index contributed by atoms with van der Waals surface area (Å²) >= 11 is 1.36. The van der Waals surface area contributed by atoms with Crippen LogP contribution in [0.2, 0.25) is 0 Å². The van der Waals surface area contributed by atoms with Gasteiger partial charge in [0.05, 0.1) is 16.7 Å². The molecule has 0 unspecified atom stereocenters. The van der Waals surface area contributed by atoms with Crippen LogP contribution in [0.15, 0.2) is 34.2 Å². The van der Waals surface area contributed by atoms with E-state index in [0.29, 0.717) is 22.1 Å². The molecule has 2 aromatic heterocycles. The van der Waals surface area contributed by atoms with Crippen molar-refractivity contribution in [2.45, 2.75) is 5.16 Å². The number of rotatable bonds is 3. The van der Waals surface area contributed by atoms with Gasteiger partial charge in [-0.15, -0.1) is 10.2 Å². The average Bonchev–Trinajstić information content (AvgIpc) is 3.09. The predicted molar refractivity (Wildman–Crippen MR) is 101 cm³/mol. The van der Waals surface area contributed by atoms with E-state index < -0.39 is 0 Å². The molecule has 3 aromatic rings. The number of hydrogen-bond donors (Lipinski definition) is 0. The van der Waals surface area contributed by atoms with Gasteiger partial charge >= 0.3 is 0 Å². The monoisotopic (exact) mass is 372 g/mol. The number of likely N-dealkylation sites (N-methyl/N-ethyl adjacent to an activating group) is 1. The van der Waals surface area contributed by atoms with E-state index in [9.17, 15) is 9.59 Å². The minimum absolute atomic E-state index is 0.106. The molecule has 1 amide bonds. The normalized spacial score (nSPS) is 15.8. The van der Waals surface area contributed by atoms with E-state index in [0.717, 1.165) is 31.7 Å². The Labute approximate surface area is 154 Å². The Morgan fingerprint density at radius 2 is 1.85 bits per heavy atom. The van der Waals surface area contributed by atoms with Gasteiger partial charge in [-0.1, -0.05) is 23.9 Å². The summed E-state index contributed by atoms with van der Waals surface area (Å²) in [6.45, 7) is 3.32. The van der Waals surface area contributed by atoms with E-state index in [4.69, 9.17) is 0 Å². The molecule has 1 fully saturated rings. The number of carbonyl (C=O) groups excluding carboxylic acids is 1. The van der Waals surface area contributed by atoms with E-state index in [1.165, 1.54) is 16.3 Å². The Hall–Kier alpha value is -2.39. The highest BCUT2D eigenvalue weighted by atomic mass is 32.2. The Kier molecular flexibility index (Phi) is 4.41. The summed E-state index contributed by atoms with van der Waals surface area (Å²) in [5.41, 5.74) is 0.649. The number of para-hydroxylation sites is 1. The highest BCUT2D eigenvalue weighted by molar-refractivity contribution is 7.99. The summed E-state index contributed by atoms with van der Waals surface area (Å²) in [4.78, 5) is 29.1. The number of hydrogen-bond acceptors (Lipinski definition) is 6. The van der Waals surface area contributed by atoms with E-state index in [1.54, 1.807) is 13.1 Å². The maximum Gasteiger partial charge on any atom is 0.262 e. The minimum Gasteiger partial charge on any atom is -0.339 e. The number of piperazine rings is 1. The van der Waals surface area contributed by atoms with Crippen LogP contribution in [0.4, 0.5) is 0 Å². The van der Waals surface area contributed by atoms with E-state index in [1.807, 2.05) is 27.5 Å². The van der Waals surface area contributed by atoms with Crippen LogP contribution < -0.4 is 5.56 Å². The Morgan fingerprint density at radius 3 is 2.62 bits per heavy atom.